The highest BCUT2D eigenvalue weighted by Gasteiger charge is 2.35. The lowest BCUT2D eigenvalue weighted by Crippen LogP contribution is -2.53. The van der Waals surface area contributed by atoms with Crippen molar-refractivity contribution >= 4 is 39.1 Å². The fourth-order valence-electron chi connectivity index (χ4n) is 4.96. The SMILES string of the molecule is Cc1ccc(S(=O)(=O)N(CC(=O)N(Cc2ccc(Cl)cc2)[C@H](Cc2ccccc2)C(=O)NCC(C)C)c2ccccc2C)cc1. The Labute approximate surface area is 271 Å². The van der Waals surface area contributed by atoms with Crippen molar-refractivity contribution in [1.29, 1.82) is 0 Å². The largest absolute Gasteiger partial charge is 0.354 e. The van der Waals surface area contributed by atoms with E-state index < -0.39 is 28.5 Å². The minimum absolute atomic E-state index is 0.0731. The summed E-state index contributed by atoms with van der Waals surface area (Å²) in [6.07, 6.45) is 0.249. The number of aryl methyl sites for hydroxylation is 2. The predicted octanol–water partition coefficient (Wildman–Crippen LogP) is 6.56. The summed E-state index contributed by atoms with van der Waals surface area (Å²) in [5.74, 6) is -0.619. The molecule has 0 fully saturated rings. The minimum Gasteiger partial charge on any atom is -0.354 e. The molecule has 0 saturated carbocycles. The van der Waals surface area contributed by atoms with Crippen LogP contribution >= 0.6 is 11.6 Å². The van der Waals surface area contributed by atoms with Crippen LogP contribution in [-0.4, -0.2) is 44.3 Å². The van der Waals surface area contributed by atoms with Gasteiger partial charge in [-0.3, -0.25) is 13.9 Å². The Balaban J connectivity index is 1.80. The number of hydrogen-bond acceptors (Lipinski definition) is 4. The number of nitrogens with one attached hydrogen (secondary N) is 1. The fourth-order valence-corrected chi connectivity index (χ4v) is 6.56. The van der Waals surface area contributed by atoms with E-state index in [1.807, 2.05) is 57.2 Å². The first kappa shape index (κ1) is 33.7. The van der Waals surface area contributed by atoms with Gasteiger partial charge in [0.05, 0.1) is 10.6 Å². The van der Waals surface area contributed by atoms with Crippen LogP contribution in [0.2, 0.25) is 5.02 Å². The number of benzene rings is 4. The Morgan fingerprint density at radius 2 is 1.42 bits per heavy atom. The zero-order valence-electron chi connectivity index (χ0n) is 26.1. The molecule has 4 rings (SSSR count). The van der Waals surface area contributed by atoms with Crippen LogP contribution in [0.4, 0.5) is 5.69 Å². The van der Waals surface area contributed by atoms with Gasteiger partial charge in [-0.05, 0) is 66.8 Å². The van der Waals surface area contributed by atoms with Gasteiger partial charge in [-0.2, -0.15) is 0 Å². The summed E-state index contributed by atoms with van der Waals surface area (Å²) in [5.41, 5.74) is 3.63. The number of rotatable bonds is 13. The minimum atomic E-state index is -4.16. The molecule has 0 bridgehead atoms. The molecule has 0 saturated heterocycles. The van der Waals surface area contributed by atoms with E-state index in [0.29, 0.717) is 22.8 Å². The summed E-state index contributed by atoms with van der Waals surface area (Å²) >= 11 is 6.15. The third kappa shape index (κ3) is 8.96. The van der Waals surface area contributed by atoms with Crippen LogP contribution in [0.5, 0.6) is 0 Å². The van der Waals surface area contributed by atoms with Crippen LogP contribution in [0.25, 0.3) is 0 Å². The van der Waals surface area contributed by atoms with E-state index in [1.54, 1.807) is 73.7 Å². The van der Waals surface area contributed by atoms with Gasteiger partial charge in [0.15, 0.2) is 0 Å². The molecule has 4 aromatic carbocycles. The monoisotopic (exact) mass is 645 g/mol. The van der Waals surface area contributed by atoms with Crippen LogP contribution in [0, 0.1) is 19.8 Å². The zero-order chi connectivity index (χ0) is 32.6. The van der Waals surface area contributed by atoms with Gasteiger partial charge in [0.25, 0.3) is 10.0 Å². The molecule has 9 heteroatoms. The molecular weight excluding hydrogens is 606 g/mol. The third-order valence-corrected chi connectivity index (χ3v) is 9.52. The van der Waals surface area contributed by atoms with Gasteiger partial charge in [-0.25, -0.2) is 8.42 Å². The van der Waals surface area contributed by atoms with Crippen molar-refractivity contribution in [3.05, 3.63) is 130 Å². The van der Waals surface area contributed by atoms with Gasteiger partial charge in [-0.1, -0.05) is 104 Å². The number of para-hydroxylation sites is 1. The van der Waals surface area contributed by atoms with Gasteiger partial charge < -0.3 is 10.2 Å². The summed E-state index contributed by atoms with van der Waals surface area (Å²) in [6, 6.07) is 29.2. The third-order valence-electron chi connectivity index (χ3n) is 7.49. The smallest absolute Gasteiger partial charge is 0.264 e. The summed E-state index contributed by atoms with van der Waals surface area (Å²) < 4.78 is 29.5. The van der Waals surface area contributed by atoms with E-state index in [-0.39, 0.29) is 29.7 Å². The molecule has 45 heavy (non-hydrogen) atoms. The number of sulfonamides is 1. The van der Waals surface area contributed by atoms with Crippen molar-refractivity contribution in [2.75, 3.05) is 17.4 Å². The molecule has 0 radical (unpaired) electrons. The van der Waals surface area contributed by atoms with Crippen LogP contribution in [-0.2, 0) is 32.6 Å². The maximum atomic E-state index is 14.5. The number of carbonyl (C=O) groups excluding carboxylic acids is 2. The first-order chi connectivity index (χ1) is 21.5. The van der Waals surface area contributed by atoms with Gasteiger partial charge in [0.2, 0.25) is 11.8 Å². The number of amides is 2. The Kier molecular flexibility index (Phi) is 11.4. The predicted molar refractivity (Wildman–Crippen MR) is 181 cm³/mol. The van der Waals surface area contributed by atoms with Crippen molar-refractivity contribution in [2.45, 2.75) is 51.6 Å². The molecule has 0 heterocycles. The summed E-state index contributed by atoms with van der Waals surface area (Å²) in [7, 11) is -4.16. The molecule has 0 aromatic heterocycles. The second-order valence-electron chi connectivity index (χ2n) is 11.6. The van der Waals surface area contributed by atoms with Crippen LogP contribution in [0.3, 0.4) is 0 Å². The molecule has 0 aliphatic carbocycles. The normalized spacial score (nSPS) is 12.0. The molecule has 4 aromatic rings. The number of halogens is 1. The highest BCUT2D eigenvalue weighted by molar-refractivity contribution is 7.92. The number of hydrogen-bond donors (Lipinski definition) is 1. The summed E-state index contributed by atoms with van der Waals surface area (Å²) in [5, 5.41) is 3.55. The molecule has 0 spiro atoms. The number of carbonyl (C=O) groups is 2. The Hall–Kier alpha value is -4.14. The topological polar surface area (TPSA) is 86.8 Å². The molecule has 1 N–H and O–H groups in total. The van der Waals surface area contributed by atoms with E-state index in [9.17, 15) is 18.0 Å². The van der Waals surface area contributed by atoms with Crippen LogP contribution in [0.15, 0.2) is 108 Å². The van der Waals surface area contributed by atoms with Gasteiger partial charge in [0, 0.05) is 24.5 Å². The van der Waals surface area contributed by atoms with Gasteiger partial charge in [-0.15, -0.1) is 0 Å². The fraction of sp³-hybridized carbons (Fsp3) is 0.278. The molecular formula is C36H40ClN3O4S. The Morgan fingerprint density at radius 3 is 2.04 bits per heavy atom. The number of nitrogens with zero attached hydrogens (tertiary/aromatic N) is 2. The number of anilines is 1. The highest BCUT2D eigenvalue weighted by atomic mass is 35.5. The van der Waals surface area contributed by atoms with Crippen molar-refractivity contribution in [3.8, 4) is 0 Å². The molecule has 236 valence electrons. The van der Waals surface area contributed by atoms with E-state index in [0.717, 1.165) is 21.0 Å². The van der Waals surface area contributed by atoms with E-state index in [1.165, 1.54) is 4.90 Å². The van der Waals surface area contributed by atoms with E-state index >= 15 is 0 Å². The maximum Gasteiger partial charge on any atom is 0.264 e. The maximum absolute atomic E-state index is 14.5. The molecule has 1 atom stereocenters. The van der Waals surface area contributed by atoms with Crippen molar-refractivity contribution in [2.24, 2.45) is 5.92 Å². The van der Waals surface area contributed by atoms with E-state index in [4.69, 9.17) is 11.6 Å². The van der Waals surface area contributed by atoms with Crippen molar-refractivity contribution < 1.29 is 18.0 Å². The van der Waals surface area contributed by atoms with Gasteiger partial charge >= 0.3 is 0 Å². The average Bonchev–Trinajstić information content (AvgIpc) is 3.02. The average molecular weight is 646 g/mol. The van der Waals surface area contributed by atoms with E-state index in [2.05, 4.69) is 5.32 Å². The van der Waals surface area contributed by atoms with Crippen LogP contribution in [0.1, 0.15) is 36.1 Å². The Bertz CT molecular complexity index is 1690. The summed E-state index contributed by atoms with van der Waals surface area (Å²) in [4.78, 5) is 29.9. The lowest BCUT2D eigenvalue weighted by atomic mass is 10.0. The quantitative estimate of drug-likeness (QED) is 0.178. The first-order valence-corrected chi connectivity index (χ1v) is 16.8. The standard InChI is InChI=1S/C36H40ClN3O4S/c1-26(2)23-38-36(42)34(22-29-11-6-5-7-12-29)39(24-30-16-18-31(37)19-17-30)35(41)25-40(33-13-9-8-10-28(33)4)45(43,44)32-20-14-27(3)15-21-32/h5-21,26,34H,22-25H2,1-4H3,(H,38,42)/t34-/m1/s1. The molecule has 7 nitrogen and oxygen atoms in total. The molecule has 0 aliphatic rings. The van der Waals surface area contributed by atoms with Gasteiger partial charge in [0.1, 0.15) is 12.6 Å². The second-order valence-corrected chi connectivity index (χ2v) is 13.9. The zero-order valence-corrected chi connectivity index (χ0v) is 27.7. The van der Waals surface area contributed by atoms with Crippen molar-refractivity contribution in [1.82, 2.24) is 10.2 Å². The summed E-state index contributed by atoms with van der Waals surface area (Å²) in [6.45, 7) is 7.69. The van der Waals surface area contributed by atoms with Crippen LogP contribution < -0.4 is 9.62 Å². The lowest BCUT2D eigenvalue weighted by Gasteiger charge is -2.34. The lowest BCUT2D eigenvalue weighted by molar-refractivity contribution is -0.140. The molecule has 2 amide bonds. The second kappa shape index (κ2) is 15.2. The molecule has 0 aliphatic heterocycles. The first-order valence-electron chi connectivity index (χ1n) is 15.0. The molecule has 0 unspecified atom stereocenters. The Morgan fingerprint density at radius 1 is 0.800 bits per heavy atom. The van der Waals surface area contributed by atoms with Crippen molar-refractivity contribution in [3.63, 3.8) is 0 Å². The highest BCUT2D eigenvalue weighted by Crippen LogP contribution is 2.28.